The van der Waals surface area contributed by atoms with Gasteiger partial charge in [-0.15, -0.1) is 0 Å². The quantitative estimate of drug-likeness (QED) is 0.504. The van der Waals surface area contributed by atoms with Crippen LogP contribution in [0.4, 0.5) is 13.2 Å². The first kappa shape index (κ1) is 23.1. The van der Waals surface area contributed by atoms with Crippen molar-refractivity contribution in [2.24, 2.45) is 34.5 Å². The van der Waals surface area contributed by atoms with E-state index in [4.69, 9.17) is 0 Å². The Hall–Kier alpha value is -1.07. The van der Waals surface area contributed by atoms with Crippen molar-refractivity contribution in [3.05, 3.63) is 35.5 Å². The average Bonchev–Trinajstić information content (AvgIpc) is 3.02. The first-order chi connectivity index (χ1) is 14.3. The Bertz CT molecular complexity index is 808. The molecule has 2 nitrogen and oxygen atoms in total. The van der Waals surface area contributed by atoms with Gasteiger partial charge in [-0.2, -0.15) is 13.2 Å². The number of hydrogen-bond donors (Lipinski definition) is 2. The second-order valence-electron chi connectivity index (χ2n) is 11.4. The number of halogens is 3. The van der Waals surface area contributed by atoms with Gasteiger partial charge in [0.15, 0.2) is 6.10 Å². The van der Waals surface area contributed by atoms with Gasteiger partial charge in [0.2, 0.25) is 0 Å². The minimum atomic E-state index is -4.61. The third-order valence-corrected chi connectivity index (χ3v) is 9.43. The smallest absolute Gasteiger partial charge is 0.390 e. The normalized spacial score (nSPS) is 44.7. The Kier molecular flexibility index (Phi) is 5.57. The summed E-state index contributed by atoms with van der Waals surface area (Å²) in [6, 6.07) is 0. The largest absolute Gasteiger partial charge is 0.417 e. The molecule has 0 saturated heterocycles. The Morgan fingerprint density at radius 2 is 1.71 bits per heavy atom. The maximum atomic E-state index is 12.7. The zero-order valence-electron chi connectivity index (χ0n) is 19.2. The van der Waals surface area contributed by atoms with E-state index in [1.807, 2.05) is 13.8 Å². The highest BCUT2D eigenvalue weighted by atomic mass is 19.4. The lowest BCUT2D eigenvalue weighted by atomic mass is 9.46. The zero-order chi connectivity index (χ0) is 22.8. The van der Waals surface area contributed by atoms with Crippen molar-refractivity contribution in [1.29, 1.82) is 0 Å². The molecule has 174 valence electrons. The van der Waals surface area contributed by atoms with Crippen LogP contribution in [0.1, 0.15) is 72.6 Å². The van der Waals surface area contributed by atoms with E-state index in [1.54, 1.807) is 0 Å². The molecule has 2 saturated carbocycles. The van der Waals surface area contributed by atoms with Crippen LogP contribution < -0.4 is 0 Å². The van der Waals surface area contributed by atoms with Crippen molar-refractivity contribution >= 4 is 0 Å². The SMILES string of the molecule is C[C@H](/C=C/[C@H](O)C(F)(F)F)C1=CC[C@H]2[C@@H]3CC=C4C[C@@](C)(O)CCC4(C)[C@H]3CC[C@]12C. The molecule has 5 heteroatoms. The monoisotopic (exact) mass is 438 g/mol. The molecule has 31 heavy (non-hydrogen) atoms. The fourth-order valence-electron chi connectivity index (χ4n) is 7.60. The molecule has 1 unspecified atom stereocenters. The number of allylic oxidation sites excluding steroid dienone is 4. The maximum absolute atomic E-state index is 12.7. The summed E-state index contributed by atoms with van der Waals surface area (Å²) in [6.07, 6.45) is 6.98. The fraction of sp³-hybridized carbons (Fsp3) is 0.769. The van der Waals surface area contributed by atoms with E-state index in [1.165, 1.54) is 17.2 Å². The number of alkyl halides is 3. The Labute approximate surface area is 184 Å². The van der Waals surface area contributed by atoms with Crippen LogP contribution in [0.15, 0.2) is 35.5 Å². The molecule has 0 bridgehead atoms. The number of aliphatic hydroxyl groups excluding tert-OH is 1. The molecular weight excluding hydrogens is 401 g/mol. The van der Waals surface area contributed by atoms with Crippen LogP contribution in [0.25, 0.3) is 0 Å². The molecule has 2 fully saturated rings. The topological polar surface area (TPSA) is 40.5 Å². The highest BCUT2D eigenvalue weighted by Gasteiger charge is 2.57. The van der Waals surface area contributed by atoms with E-state index >= 15 is 0 Å². The van der Waals surface area contributed by atoms with Crippen molar-refractivity contribution in [3.63, 3.8) is 0 Å². The molecule has 0 aliphatic heterocycles. The second-order valence-corrected chi connectivity index (χ2v) is 11.4. The summed E-state index contributed by atoms with van der Waals surface area (Å²) in [5, 5.41) is 20.0. The van der Waals surface area contributed by atoms with Crippen LogP contribution in [0.5, 0.6) is 0 Å². The van der Waals surface area contributed by atoms with Crippen LogP contribution in [0.3, 0.4) is 0 Å². The Morgan fingerprint density at radius 1 is 1.00 bits per heavy atom. The van der Waals surface area contributed by atoms with Crippen LogP contribution in [-0.4, -0.2) is 28.1 Å². The third kappa shape index (κ3) is 3.84. The molecule has 0 aromatic carbocycles. The molecule has 2 N–H and O–H groups in total. The lowest BCUT2D eigenvalue weighted by molar-refractivity contribution is -0.187. The van der Waals surface area contributed by atoms with Gasteiger partial charge in [0.25, 0.3) is 0 Å². The van der Waals surface area contributed by atoms with Crippen molar-refractivity contribution < 1.29 is 23.4 Å². The summed E-state index contributed by atoms with van der Waals surface area (Å²) < 4.78 is 38.1. The highest BCUT2D eigenvalue weighted by molar-refractivity contribution is 5.33. The summed E-state index contributed by atoms with van der Waals surface area (Å²) in [5.74, 6) is 1.61. The molecular formula is C26H37F3O2. The van der Waals surface area contributed by atoms with Gasteiger partial charge in [-0.3, -0.25) is 0 Å². The van der Waals surface area contributed by atoms with Crippen molar-refractivity contribution in [1.82, 2.24) is 0 Å². The number of rotatable bonds is 3. The summed E-state index contributed by atoms with van der Waals surface area (Å²) >= 11 is 0. The molecule has 0 aromatic heterocycles. The Morgan fingerprint density at radius 3 is 2.39 bits per heavy atom. The fourth-order valence-corrected chi connectivity index (χ4v) is 7.60. The molecule has 0 spiro atoms. The highest BCUT2D eigenvalue weighted by Crippen LogP contribution is 2.66. The molecule has 4 aliphatic rings. The summed E-state index contributed by atoms with van der Waals surface area (Å²) in [5.41, 5.74) is 2.27. The van der Waals surface area contributed by atoms with Crippen molar-refractivity contribution in [3.8, 4) is 0 Å². The van der Waals surface area contributed by atoms with Crippen molar-refractivity contribution in [2.45, 2.75) is 90.5 Å². The summed E-state index contributed by atoms with van der Waals surface area (Å²) in [7, 11) is 0. The van der Waals surface area contributed by atoms with Gasteiger partial charge in [-0.05, 0) is 86.4 Å². The summed E-state index contributed by atoms with van der Waals surface area (Å²) in [4.78, 5) is 0. The second kappa shape index (κ2) is 7.48. The minimum absolute atomic E-state index is 0.00989. The maximum Gasteiger partial charge on any atom is 0.417 e. The molecule has 0 aromatic rings. The van der Waals surface area contributed by atoms with Gasteiger partial charge in [0, 0.05) is 0 Å². The van der Waals surface area contributed by atoms with Crippen LogP contribution in [0, 0.1) is 34.5 Å². The van der Waals surface area contributed by atoms with Crippen LogP contribution >= 0.6 is 0 Å². The predicted molar refractivity (Wildman–Crippen MR) is 116 cm³/mol. The first-order valence-corrected chi connectivity index (χ1v) is 11.8. The van der Waals surface area contributed by atoms with E-state index in [9.17, 15) is 23.4 Å². The van der Waals surface area contributed by atoms with Gasteiger partial charge in [0.05, 0.1) is 5.60 Å². The van der Waals surface area contributed by atoms with Gasteiger partial charge in [0.1, 0.15) is 0 Å². The molecule has 0 radical (unpaired) electrons. The molecule has 8 atom stereocenters. The van der Waals surface area contributed by atoms with Gasteiger partial charge < -0.3 is 10.2 Å². The number of hydrogen-bond acceptors (Lipinski definition) is 2. The molecule has 4 rings (SSSR count). The van der Waals surface area contributed by atoms with Crippen LogP contribution in [-0.2, 0) is 0 Å². The molecule has 4 aliphatic carbocycles. The molecule has 0 heterocycles. The lowest BCUT2D eigenvalue weighted by Gasteiger charge is -2.58. The average molecular weight is 439 g/mol. The standard InChI is InChI=1S/C26H37F3O2/c1-16(5-10-22(30)26(27,28)29)19-8-9-20-18-7-6-17-15-23(2,31)13-14-24(17,3)21(18)11-12-25(19,20)4/h5-6,8,10,16,18,20-22,30-31H,7,9,11-15H2,1-4H3/b10-5+/t16-,18+,20+,21+,22+,23+,24?,25-/m1/s1. The van der Waals surface area contributed by atoms with E-state index in [-0.39, 0.29) is 16.7 Å². The first-order valence-electron chi connectivity index (χ1n) is 11.8. The predicted octanol–water partition coefficient (Wildman–Crippen LogP) is 6.35. The molecule has 0 amide bonds. The van der Waals surface area contributed by atoms with Crippen molar-refractivity contribution in [2.75, 3.05) is 0 Å². The number of aliphatic hydroxyl groups is 2. The number of fused-ring (bicyclic) bond motifs is 5. The van der Waals surface area contributed by atoms with Gasteiger partial charge >= 0.3 is 6.18 Å². The van der Waals surface area contributed by atoms with E-state index in [0.29, 0.717) is 17.8 Å². The van der Waals surface area contributed by atoms with E-state index in [0.717, 1.165) is 51.0 Å². The van der Waals surface area contributed by atoms with Crippen LogP contribution in [0.2, 0.25) is 0 Å². The zero-order valence-corrected chi connectivity index (χ0v) is 19.2. The minimum Gasteiger partial charge on any atom is -0.390 e. The lowest BCUT2D eigenvalue weighted by Crippen LogP contribution is -2.51. The Balaban J connectivity index is 1.54. The van der Waals surface area contributed by atoms with Gasteiger partial charge in [-0.25, -0.2) is 0 Å². The van der Waals surface area contributed by atoms with E-state index < -0.39 is 17.9 Å². The third-order valence-electron chi connectivity index (χ3n) is 9.43. The van der Waals surface area contributed by atoms with E-state index in [2.05, 4.69) is 26.0 Å². The van der Waals surface area contributed by atoms with Gasteiger partial charge in [-0.1, -0.05) is 56.2 Å². The summed E-state index contributed by atoms with van der Waals surface area (Å²) in [6.45, 7) is 8.62.